The number of carbonyl (C=O) groups excluding carboxylic acids is 2. The third-order valence-electron chi connectivity index (χ3n) is 4.31. The van der Waals surface area contributed by atoms with Crippen LogP contribution in [0.4, 0.5) is 0 Å². The second kappa shape index (κ2) is 7.25. The van der Waals surface area contributed by atoms with Crippen LogP contribution in [0.25, 0.3) is 21.7 Å². The minimum atomic E-state index is -0.377. The standard InChI is InChI=1S/C21H15BrN2O3/c22-16-8-5-14(6-9-16)21(26)24-23-19(25)11-15-12-27-18-10-7-13-3-1-2-4-17(13)20(15)18/h1-10,12H,11H2,(H,23,25)(H,24,26). The zero-order valence-electron chi connectivity index (χ0n) is 14.2. The van der Waals surface area contributed by atoms with E-state index >= 15 is 0 Å². The number of hydrogen-bond donors (Lipinski definition) is 2. The van der Waals surface area contributed by atoms with Gasteiger partial charge in [-0.05, 0) is 41.1 Å². The van der Waals surface area contributed by atoms with Crippen molar-refractivity contribution < 1.29 is 14.0 Å². The topological polar surface area (TPSA) is 71.3 Å². The predicted molar refractivity (Wildman–Crippen MR) is 107 cm³/mol. The van der Waals surface area contributed by atoms with Gasteiger partial charge in [-0.2, -0.15) is 0 Å². The lowest BCUT2D eigenvalue weighted by atomic mass is 10.0. The van der Waals surface area contributed by atoms with Crippen LogP contribution in [0.3, 0.4) is 0 Å². The van der Waals surface area contributed by atoms with Gasteiger partial charge in [0.1, 0.15) is 5.58 Å². The molecule has 2 N–H and O–H groups in total. The SMILES string of the molecule is O=C(Cc1coc2ccc3ccccc3c12)NNC(=O)c1ccc(Br)cc1. The molecular formula is C21H15BrN2O3. The molecule has 0 aliphatic carbocycles. The van der Waals surface area contributed by atoms with Crippen LogP contribution in [0.15, 0.2) is 75.8 Å². The lowest BCUT2D eigenvalue weighted by Gasteiger charge is -2.07. The highest BCUT2D eigenvalue weighted by atomic mass is 79.9. The molecule has 27 heavy (non-hydrogen) atoms. The van der Waals surface area contributed by atoms with Gasteiger partial charge >= 0.3 is 0 Å². The van der Waals surface area contributed by atoms with E-state index in [4.69, 9.17) is 4.42 Å². The smallest absolute Gasteiger partial charge is 0.269 e. The summed E-state index contributed by atoms with van der Waals surface area (Å²) in [6, 6.07) is 18.7. The van der Waals surface area contributed by atoms with Gasteiger partial charge < -0.3 is 4.42 Å². The maximum absolute atomic E-state index is 12.3. The Morgan fingerprint density at radius 2 is 1.70 bits per heavy atom. The molecule has 3 aromatic carbocycles. The molecule has 0 radical (unpaired) electrons. The van der Waals surface area contributed by atoms with Crippen LogP contribution in [-0.4, -0.2) is 11.8 Å². The number of halogens is 1. The van der Waals surface area contributed by atoms with E-state index in [1.807, 2.05) is 36.4 Å². The molecule has 1 heterocycles. The molecule has 134 valence electrons. The van der Waals surface area contributed by atoms with Crippen LogP contribution in [0.2, 0.25) is 0 Å². The average molecular weight is 423 g/mol. The minimum absolute atomic E-state index is 0.0988. The van der Waals surface area contributed by atoms with Crippen LogP contribution in [0, 0.1) is 0 Å². The highest BCUT2D eigenvalue weighted by molar-refractivity contribution is 9.10. The van der Waals surface area contributed by atoms with Crippen molar-refractivity contribution in [3.63, 3.8) is 0 Å². The minimum Gasteiger partial charge on any atom is -0.464 e. The maximum Gasteiger partial charge on any atom is 0.269 e. The second-order valence-corrected chi connectivity index (χ2v) is 7.02. The first kappa shape index (κ1) is 17.3. The molecule has 4 aromatic rings. The Morgan fingerprint density at radius 3 is 2.52 bits per heavy atom. The Bertz CT molecular complexity index is 1150. The second-order valence-electron chi connectivity index (χ2n) is 6.11. The van der Waals surface area contributed by atoms with Gasteiger partial charge in [-0.3, -0.25) is 20.4 Å². The van der Waals surface area contributed by atoms with Gasteiger partial charge in [0.25, 0.3) is 5.91 Å². The first-order chi connectivity index (χ1) is 13.1. The largest absolute Gasteiger partial charge is 0.464 e. The number of hydrogen-bond acceptors (Lipinski definition) is 3. The Balaban J connectivity index is 1.49. The molecule has 0 atom stereocenters. The molecule has 0 unspecified atom stereocenters. The fourth-order valence-corrected chi connectivity index (χ4v) is 3.29. The van der Waals surface area contributed by atoms with E-state index in [1.54, 1.807) is 30.5 Å². The number of benzene rings is 3. The van der Waals surface area contributed by atoms with Crippen molar-refractivity contribution in [1.29, 1.82) is 0 Å². The quantitative estimate of drug-likeness (QED) is 0.482. The van der Waals surface area contributed by atoms with Gasteiger partial charge in [-0.1, -0.05) is 46.3 Å². The van der Waals surface area contributed by atoms with Crippen LogP contribution in [0.1, 0.15) is 15.9 Å². The normalized spacial score (nSPS) is 10.9. The molecule has 0 fully saturated rings. The molecular weight excluding hydrogens is 408 g/mol. The number of furan rings is 1. The van der Waals surface area contributed by atoms with Gasteiger partial charge in [-0.25, -0.2) is 0 Å². The third kappa shape index (κ3) is 3.57. The summed E-state index contributed by atoms with van der Waals surface area (Å²) in [5, 5.41) is 3.03. The summed E-state index contributed by atoms with van der Waals surface area (Å²) in [5.41, 5.74) is 6.85. The number of hydrazine groups is 1. The summed E-state index contributed by atoms with van der Waals surface area (Å²) in [6.45, 7) is 0. The van der Waals surface area contributed by atoms with E-state index in [0.29, 0.717) is 5.56 Å². The Labute approximate surface area is 163 Å². The van der Waals surface area contributed by atoms with Crippen LogP contribution < -0.4 is 10.9 Å². The molecule has 0 saturated carbocycles. The number of fused-ring (bicyclic) bond motifs is 3. The Hall–Kier alpha value is -3.12. The molecule has 0 aliphatic rings. The van der Waals surface area contributed by atoms with E-state index in [0.717, 1.165) is 31.8 Å². The van der Waals surface area contributed by atoms with Crippen molar-refractivity contribution in [2.45, 2.75) is 6.42 Å². The first-order valence-electron chi connectivity index (χ1n) is 8.34. The maximum atomic E-state index is 12.3. The third-order valence-corrected chi connectivity index (χ3v) is 4.84. The van der Waals surface area contributed by atoms with Crippen molar-refractivity contribution in [3.8, 4) is 0 Å². The molecule has 6 heteroatoms. The van der Waals surface area contributed by atoms with Crippen LogP contribution in [0.5, 0.6) is 0 Å². The summed E-state index contributed by atoms with van der Waals surface area (Å²) in [7, 11) is 0. The Morgan fingerprint density at radius 1 is 0.926 bits per heavy atom. The summed E-state index contributed by atoms with van der Waals surface area (Å²) in [6.07, 6.45) is 1.69. The number of nitrogens with one attached hydrogen (secondary N) is 2. The van der Waals surface area contributed by atoms with Crippen molar-refractivity contribution in [3.05, 3.63) is 82.5 Å². The van der Waals surface area contributed by atoms with Crippen molar-refractivity contribution >= 4 is 49.5 Å². The number of carbonyl (C=O) groups is 2. The summed E-state index contributed by atoms with van der Waals surface area (Å²) in [4.78, 5) is 24.4. The fraction of sp³-hybridized carbons (Fsp3) is 0.0476. The van der Waals surface area contributed by atoms with Crippen LogP contribution in [-0.2, 0) is 11.2 Å². The molecule has 0 saturated heterocycles. The lowest BCUT2D eigenvalue weighted by molar-refractivity contribution is -0.121. The van der Waals surface area contributed by atoms with Crippen molar-refractivity contribution in [1.82, 2.24) is 10.9 Å². The first-order valence-corrected chi connectivity index (χ1v) is 9.14. The zero-order valence-corrected chi connectivity index (χ0v) is 15.7. The predicted octanol–water partition coefficient (Wildman–Crippen LogP) is 4.35. The van der Waals surface area contributed by atoms with Gasteiger partial charge in [0.15, 0.2) is 0 Å². The molecule has 5 nitrogen and oxygen atoms in total. The monoisotopic (exact) mass is 422 g/mol. The molecule has 0 aliphatic heterocycles. The highest BCUT2D eigenvalue weighted by Crippen LogP contribution is 2.30. The average Bonchev–Trinajstić information content (AvgIpc) is 3.10. The van der Waals surface area contributed by atoms with Crippen molar-refractivity contribution in [2.24, 2.45) is 0 Å². The summed E-state index contributed by atoms with van der Waals surface area (Å²) >= 11 is 3.32. The molecule has 0 bridgehead atoms. The highest BCUT2D eigenvalue weighted by Gasteiger charge is 2.14. The van der Waals surface area contributed by atoms with E-state index in [2.05, 4.69) is 26.8 Å². The van der Waals surface area contributed by atoms with Gasteiger partial charge in [-0.15, -0.1) is 0 Å². The van der Waals surface area contributed by atoms with Crippen molar-refractivity contribution in [2.75, 3.05) is 0 Å². The van der Waals surface area contributed by atoms with Gasteiger partial charge in [0, 0.05) is 21.0 Å². The molecule has 0 spiro atoms. The fourth-order valence-electron chi connectivity index (χ4n) is 3.02. The van der Waals surface area contributed by atoms with E-state index < -0.39 is 0 Å². The zero-order chi connectivity index (χ0) is 18.8. The number of amides is 2. The number of rotatable bonds is 3. The molecule has 2 amide bonds. The molecule has 1 aromatic heterocycles. The van der Waals surface area contributed by atoms with Crippen LogP contribution >= 0.6 is 15.9 Å². The van der Waals surface area contributed by atoms with Gasteiger partial charge in [0.05, 0.1) is 12.7 Å². The van der Waals surface area contributed by atoms with Gasteiger partial charge in [0.2, 0.25) is 5.91 Å². The molecule has 4 rings (SSSR count). The summed E-state index contributed by atoms with van der Waals surface area (Å²) in [5.74, 6) is -0.700. The lowest BCUT2D eigenvalue weighted by Crippen LogP contribution is -2.42. The summed E-state index contributed by atoms with van der Waals surface area (Å²) < 4.78 is 6.47. The Kier molecular flexibility index (Phi) is 4.64. The van der Waals surface area contributed by atoms with E-state index in [9.17, 15) is 9.59 Å². The van der Waals surface area contributed by atoms with E-state index in [1.165, 1.54) is 0 Å². The van der Waals surface area contributed by atoms with E-state index in [-0.39, 0.29) is 18.2 Å².